The van der Waals surface area contributed by atoms with Crippen molar-refractivity contribution in [3.05, 3.63) is 77.0 Å². The smallest absolute Gasteiger partial charge is 0.148 e. The molecule has 0 saturated heterocycles. The van der Waals surface area contributed by atoms with E-state index in [9.17, 15) is 9.65 Å². The summed E-state index contributed by atoms with van der Waals surface area (Å²) in [5, 5.41) is 13.8. The van der Waals surface area contributed by atoms with Crippen LogP contribution in [0.25, 0.3) is 5.52 Å². The van der Waals surface area contributed by atoms with Gasteiger partial charge in [-0.05, 0) is 37.3 Å². The maximum absolute atomic E-state index is 14.2. The SMILES string of the molecule is Cc1nc(N2CCc3[nH]cnc3[C@H]2c2cc3c(F)cccn3n2)ccc1C#N. The maximum Gasteiger partial charge on any atom is 0.148 e. The zero-order chi connectivity index (χ0) is 19.3. The topological polar surface area (TPSA) is 85.9 Å². The lowest BCUT2D eigenvalue weighted by molar-refractivity contribution is 0.608. The third kappa shape index (κ3) is 2.44. The first-order valence-corrected chi connectivity index (χ1v) is 8.96. The summed E-state index contributed by atoms with van der Waals surface area (Å²) in [6.07, 6.45) is 4.19. The van der Waals surface area contributed by atoms with Gasteiger partial charge in [-0.3, -0.25) is 0 Å². The van der Waals surface area contributed by atoms with Crippen molar-refractivity contribution < 1.29 is 4.39 Å². The molecule has 4 aromatic heterocycles. The van der Waals surface area contributed by atoms with E-state index in [1.807, 2.05) is 13.0 Å². The van der Waals surface area contributed by atoms with Crippen molar-refractivity contribution in [1.29, 1.82) is 5.26 Å². The van der Waals surface area contributed by atoms with E-state index in [0.717, 1.165) is 23.6 Å². The van der Waals surface area contributed by atoms with Gasteiger partial charge in [-0.25, -0.2) is 18.9 Å². The standard InChI is InChI=1S/C20H16FN7/c1-12-13(10-22)4-5-18(25-12)27-8-6-15-19(24-11-23-15)20(27)16-9-17-14(21)3-2-7-28(17)26-16/h2-5,7,9,11,20H,6,8H2,1H3,(H,23,24)/t20-/m1/s1. The third-order valence-electron chi connectivity index (χ3n) is 5.16. The van der Waals surface area contributed by atoms with Gasteiger partial charge >= 0.3 is 0 Å². The van der Waals surface area contributed by atoms with E-state index in [4.69, 9.17) is 0 Å². The first-order chi connectivity index (χ1) is 13.7. The highest BCUT2D eigenvalue weighted by molar-refractivity contribution is 5.55. The van der Waals surface area contributed by atoms with Crippen LogP contribution >= 0.6 is 0 Å². The number of imidazole rings is 1. The predicted molar refractivity (Wildman–Crippen MR) is 100 cm³/mol. The van der Waals surface area contributed by atoms with Gasteiger partial charge in [0.25, 0.3) is 0 Å². The molecule has 0 fully saturated rings. The number of aryl methyl sites for hydroxylation is 1. The summed E-state index contributed by atoms with van der Waals surface area (Å²) in [5.74, 6) is 0.422. The molecule has 138 valence electrons. The number of hydrogen-bond donors (Lipinski definition) is 1. The molecular formula is C20H16FN7. The Morgan fingerprint density at radius 3 is 3.00 bits per heavy atom. The number of H-pyrrole nitrogens is 1. The summed E-state index contributed by atoms with van der Waals surface area (Å²) in [6, 6.07) is 10.3. The number of aromatic amines is 1. The van der Waals surface area contributed by atoms with Gasteiger partial charge in [0.05, 0.1) is 29.0 Å². The Kier molecular flexibility index (Phi) is 3.62. The van der Waals surface area contributed by atoms with E-state index in [2.05, 4.69) is 31.0 Å². The first-order valence-electron chi connectivity index (χ1n) is 8.96. The highest BCUT2D eigenvalue weighted by atomic mass is 19.1. The number of nitrogens with zero attached hydrogens (tertiary/aromatic N) is 6. The number of halogens is 1. The van der Waals surface area contributed by atoms with Gasteiger partial charge in [-0.15, -0.1) is 0 Å². The van der Waals surface area contributed by atoms with Crippen molar-refractivity contribution in [2.45, 2.75) is 19.4 Å². The molecule has 8 heteroatoms. The molecule has 1 aliphatic rings. The lowest BCUT2D eigenvalue weighted by Crippen LogP contribution is -2.37. The summed E-state index contributed by atoms with van der Waals surface area (Å²) in [4.78, 5) is 14.5. The molecular weight excluding hydrogens is 357 g/mol. The molecule has 0 bridgehead atoms. The minimum atomic E-state index is -0.321. The lowest BCUT2D eigenvalue weighted by Gasteiger charge is -2.35. The zero-order valence-electron chi connectivity index (χ0n) is 15.1. The van der Waals surface area contributed by atoms with Crippen molar-refractivity contribution >= 4 is 11.3 Å². The van der Waals surface area contributed by atoms with E-state index in [1.54, 1.807) is 35.2 Å². The Morgan fingerprint density at radius 2 is 2.21 bits per heavy atom. The quantitative estimate of drug-likeness (QED) is 0.584. The molecule has 0 aromatic carbocycles. The van der Waals surface area contributed by atoms with Crippen molar-refractivity contribution in [3.63, 3.8) is 0 Å². The van der Waals surface area contributed by atoms with Crippen LogP contribution in [0.15, 0.2) is 42.9 Å². The third-order valence-corrected chi connectivity index (χ3v) is 5.16. The van der Waals surface area contributed by atoms with Crippen LogP contribution < -0.4 is 4.90 Å². The van der Waals surface area contributed by atoms with E-state index >= 15 is 0 Å². The molecule has 1 N–H and O–H groups in total. The van der Waals surface area contributed by atoms with Crippen LogP contribution in [0.5, 0.6) is 0 Å². The van der Waals surface area contributed by atoms with Crippen LogP contribution in [0.4, 0.5) is 10.2 Å². The summed E-state index contributed by atoms with van der Waals surface area (Å²) in [5.41, 5.74) is 4.24. The second-order valence-electron chi connectivity index (χ2n) is 6.78. The molecule has 1 aliphatic heterocycles. The minimum Gasteiger partial charge on any atom is -0.348 e. The van der Waals surface area contributed by atoms with Gasteiger partial charge in [0, 0.05) is 24.9 Å². The Hall–Kier alpha value is -3.73. The molecule has 0 saturated carbocycles. The molecule has 0 amide bonds. The van der Waals surface area contributed by atoms with E-state index in [0.29, 0.717) is 29.0 Å². The summed E-state index contributed by atoms with van der Waals surface area (Å²) in [6.45, 7) is 2.52. The fourth-order valence-electron chi connectivity index (χ4n) is 3.78. The van der Waals surface area contributed by atoms with E-state index in [1.165, 1.54) is 6.07 Å². The minimum absolute atomic E-state index is 0.297. The average molecular weight is 373 g/mol. The van der Waals surface area contributed by atoms with Crippen molar-refractivity contribution in [2.24, 2.45) is 0 Å². The van der Waals surface area contributed by atoms with Gasteiger partial charge in [0.2, 0.25) is 0 Å². The van der Waals surface area contributed by atoms with Crippen LogP contribution in [0.2, 0.25) is 0 Å². The lowest BCUT2D eigenvalue weighted by atomic mass is 9.99. The highest BCUT2D eigenvalue weighted by Crippen LogP contribution is 2.36. The number of anilines is 1. The molecule has 0 spiro atoms. The van der Waals surface area contributed by atoms with Gasteiger partial charge in [-0.1, -0.05) is 0 Å². The average Bonchev–Trinajstić information content (AvgIpc) is 3.34. The Balaban J connectivity index is 1.67. The van der Waals surface area contributed by atoms with Crippen LogP contribution in [-0.2, 0) is 6.42 Å². The molecule has 1 atom stereocenters. The largest absolute Gasteiger partial charge is 0.348 e. The first kappa shape index (κ1) is 16.4. The molecule has 0 radical (unpaired) electrons. The number of fused-ring (bicyclic) bond motifs is 2. The Labute approximate surface area is 160 Å². The Morgan fingerprint density at radius 1 is 1.32 bits per heavy atom. The number of hydrogen-bond acceptors (Lipinski definition) is 5. The molecule has 5 rings (SSSR count). The second-order valence-corrected chi connectivity index (χ2v) is 6.78. The van der Waals surface area contributed by atoms with Crippen molar-refractivity contribution in [3.8, 4) is 6.07 Å². The van der Waals surface area contributed by atoms with Crippen molar-refractivity contribution in [2.75, 3.05) is 11.4 Å². The summed E-state index contributed by atoms with van der Waals surface area (Å²) in [7, 11) is 0. The fourth-order valence-corrected chi connectivity index (χ4v) is 3.78. The van der Waals surface area contributed by atoms with Gasteiger partial charge < -0.3 is 9.88 Å². The zero-order valence-corrected chi connectivity index (χ0v) is 15.1. The molecule has 4 aromatic rings. The summed E-state index contributed by atoms with van der Waals surface area (Å²) < 4.78 is 15.8. The van der Waals surface area contributed by atoms with Crippen LogP contribution in [-0.4, -0.2) is 31.1 Å². The van der Waals surface area contributed by atoms with Gasteiger partial charge in [0.15, 0.2) is 0 Å². The Bertz CT molecular complexity index is 1230. The van der Waals surface area contributed by atoms with Crippen LogP contribution in [0, 0.1) is 24.1 Å². The highest BCUT2D eigenvalue weighted by Gasteiger charge is 2.34. The number of nitriles is 1. The van der Waals surface area contributed by atoms with Crippen LogP contribution in [0.3, 0.4) is 0 Å². The molecule has 7 nitrogen and oxygen atoms in total. The number of pyridine rings is 2. The number of rotatable bonds is 2. The monoisotopic (exact) mass is 373 g/mol. The summed E-state index contributed by atoms with van der Waals surface area (Å²) >= 11 is 0. The molecule has 0 unspecified atom stereocenters. The molecule has 28 heavy (non-hydrogen) atoms. The second kappa shape index (κ2) is 6.16. The van der Waals surface area contributed by atoms with E-state index in [-0.39, 0.29) is 11.9 Å². The number of nitrogens with one attached hydrogen (secondary N) is 1. The molecule has 5 heterocycles. The van der Waals surface area contributed by atoms with Crippen molar-refractivity contribution in [1.82, 2.24) is 24.6 Å². The van der Waals surface area contributed by atoms with Crippen LogP contribution in [0.1, 0.15) is 34.4 Å². The van der Waals surface area contributed by atoms with Gasteiger partial charge in [0.1, 0.15) is 29.3 Å². The van der Waals surface area contributed by atoms with E-state index < -0.39 is 0 Å². The maximum atomic E-state index is 14.2. The molecule has 0 aliphatic carbocycles. The normalized spacial score (nSPS) is 16.2. The predicted octanol–water partition coefficient (Wildman–Crippen LogP) is 2.92. The fraction of sp³-hybridized carbons (Fsp3) is 0.200. The van der Waals surface area contributed by atoms with Gasteiger partial charge in [-0.2, -0.15) is 10.4 Å². The number of aromatic nitrogens is 5.